The van der Waals surface area contributed by atoms with Crippen LogP contribution in [0.3, 0.4) is 0 Å². The Labute approximate surface area is 183 Å². The molecule has 6 nitrogen and oxygen atoms in total. The lowest BCUT2D eigenvalue weighted by Gasteiger charge is -2.36. The maximum absolute atomic E-state index is 14.0. The highest BCUT2D eigenvalue weighted by Gasteiger charge is 2.20. The minimum Gasteiger partial charge on any atom is -0.366 e. The minimum atomic E-state index is -0.402. The number of rotatable bonds is 6. The van der Waals surface area contributed by atoms with Crippen LogP contribution in [-0.4, -0.2) is 47.8 Å². The summed E-state index contributed by atoms with van der Waals surface area (Å²) < 4.78 is 27.3. The van der Waals surface area contributed by atoms with E-state index >= 15 is 0 Å². The van der Waals surface area contributed by atoms with E-state index < -0.39 is 5.82 Å². The first-order valence-corrected chi connectivity index (χ1v) is 10.8. The molecule has 1 saturated heterocycles. The van der Waals surface area contributed by atoms with Gasteiger partial charge < -0.3 is 15.1 Å². The second-order valence-electron chi connectivity index (χ2n) is 6.99. The van der Waals surface area contributed by atoms with E-state index in [9.17, 15) is 13.6 Å². The molecule has 2 aromatic carbocycles. The number of carbonyl (C=O) groups excluding carboxylic acids is 1. The monoisotopic (exact) mass is 441 g/mol. The van der Waals surface area contributed by atoms with Gasteiger partial charge in [0.2, 0.25) is 5.91 Å². The van der Waals surface area contributed by atoms with Crippen molar-refractivity contribution in [3.63, 3.8) is 0 Å². The number of amides is 1. The highest BCUT2D eigenvalue weighted by atomic mass is 32.2. The van der Waals surface area contributed by atoms with Gasteiger partial charge in [0.15, 0.2) is 0 Å². The van der Waals surface area contributed by atoms with Gasteiger partial charge in [-0.05, 0) is 30.3 Å². The molecule has 1 aliphatic rings. The van der Waals surface area contributed by atoms with Crippen LogP contribution < -0.4 is 15.1 Å². The van der Waals surface area contributed by atoms with Gasteiger partial charge in [-0.1, -0.05) is 30.0 Å². The standard InChI is InChI=1S/C22H21F2N5OS/c23-16-4-3-5-17(12-16)27-21(30)14-31-22-13-20(25-15-26-22)29-10-8-28(9-11-29)19-7-2-1-6-18(19)24/h1-7,12-13,15H,8-11,14H2,(H,27,30). The summed E-state index contributed by atoms with van der Waals surface area (Å²) >= 11 is 1.29. The van der Waals surface area contributed by atoms with E-state index in [1.165, 1.54) is 36.3 Å². The third kappa shape index (κ3) is 5.49. The van der Waals surface area contributed by atoms with Crippen molar-refractivity contribution in [1.82, 2.24) is 9.97 Å². The first kappa shape index (κ1) is 21.0. The molecule has 0 aliphatic carbocycles. The number of benzene rings is 2. The molecule has 4 rings (SSSR count). The smallest absolute Gasteiger partial charge is 0.234 e. The fourth-order valence-corrected chi connectivity index (χ4v) is 4.03. The molecule has 1 fully saturated rings. The molecule has 0 atom stereocenters. The van der Waals surface area contributed by atoms with Crippen molar-refractivity contribution < 1.29 is 13.6 Å². The zero-order valence-electron chi connectivity index (χ0n) is 16.7. The number of anilines is 3. The Morgan fingerprint density at radius 2 is 1.74 bits per heavy atom. The molecule has 2 heterocycles. The molecule has 0 spiro atoms. The second kappa shape index (κ2) is 9.74. The van der Waals surface area contributed by atoms with Gasteiger partial charge in [-0.15, -0.1) is 0 Å². The van der Waals surface area contributed by atoms with Crippen LogP contribution >= 0.6 is 11.8 Å². The Balaban J connectivity index is 1.31. The Hall–Kier alpha value is -3.20. The van der Waals surface area contributed by atoms with Crippen LogP contribution in [0.2, 0.25) is 0 Å². The normalized spacial score (nSPS) is 13.9. The van der Waals surface area contributed by atoms with Gasteiger partial charge in [-0.25, -0.2) is 18.7 Å². The van der Waals surface area contributed by atoms with Crippen molar-refractivity contribution in [1.29, 1.82) is 0 Å². The summed E-state index contributed by atoms with van der Waals surface area (Å²) in [4.78, 5) is 24.9. The molecule has 1 N–H and O–H groups in total. The number of hydrogen-bond acceptors (Lipinski definition) is 6. The number of halogens is 2. The minimum absolute atomic E-state index is 0.147. The van der Waals surface area contributed by atoms with Crippen molar-refractivity contribution in [3.05, 3.63) is 72.6 Å². The van der Waals surface area contributed by atoms with E-state index in [4.69, 9.17) is 0 Å². The lowest BCUT2D eigenvalue weighted by atomic mass is 10.2. The molecule has 0 radical (unpaired) electrons. The third-order valence-electron chi connectivity index (χ3n) is 4.88. The van der Waals surface area contributed by atoms with E-state index in [1.54, 1.807) is 24.3 Å². The average Bonchev–Trinajstić information content (AvgIpc) is 2.78. The average molecular weight is 442 g/mol. The van der Waals surface area contributed by atoms with Crippen LogP contribution in [-0.2, 0) is 4.79 Å². The van der Waals surface area contributed by atoms with Gasteiger partial charge in [0, 0.05) is 37.9 Å². The molecule has 9 heteroatoms. The summed E-state index contributed by atoms with van der Waals surface area (Å²) in [6, 6.07) is 14.4. The van der Waals surface area contributed by atoms with Gasteiger partial charge >= 0.3 is 0 Å². The zero-order valence-corrected chi connectivity index (χ0v) is 17.5. The highest BCUT2D eigenvalue weighted by molar-refractivity contribution is 7.99. The summed E-state index contributed by atoms with van der Waals surface area (Å²) in [6.45, 7) is 2.78. The first-order chi connectivity index (χ1) is 15.1. The Morgan fingerprint density at radius 1 is 0.968 bits per heavy atom. The molecular weight excluding hydrogens is 420 g/mol. The largest absolute Gasteiger partial charge is 0.366 e. The predicted molar refractivity (Wildman–Crippen MR) is 119 cm³/mol. The number of thioether (sulfide) groups is 1. The summed E-state index contributed by atoms with van der Waals surface area (Å²) in [5.74, 6) is 0.0632. The lowest BCUT2D eigenvalue weighted by Crippen LogP contribution is -2.47. The van der Waals surface area contributed by atoms with Crippen LogP contribution in [0.25, 0.3) is 0 Å². The van der Waals surface area contributed by atoms with Gasteiger partial charge in [0.1, 0.15) is 28.8 Å². The SMILES string of the molecule is O=C(CSc1cc(N2CCN(c3ccccc3F)CC2)ncn1)Nc1cccc(F)c1. The molecule has 1 aromatic heterocycles. The number of aromatic nitrogens is 2. The quantitative estimate of drug-likeness (QED) is 0.464. The van der Waals surface area contributed by atoms with Crippen molar-refractivity contribution in [2.45, 2.75) is 5.03 Å². The van der Waals surface area contributed by atoms with Gasteiger partial charge in [0.25, 0.3) is 0 Å². The van der Waals surface area contributed by atoms with Gasteiger partial charge in [-0.3, -0.25) is 4.79 Å². The number of carbonyl (C=O) groups is 1. The zero-order chi connectivity index (χ0) is 21.6. The van der Waals surface area contributed by atoms with Gasteiger partial charge in [0.05, 0.1) is 11.4 Å². The fraction of sp³-hybridized carbons (Fsp3) is 0.227. The second-order valence-corrected chi connectivity index (χ2v) is 7.98. The first-order valence-electron chi connectivity index (χ1n) is 9.83. The molecule has 160 valence electrons. The topological polar surface area (TPSA) is 61.4 Å². The molecule has 31 heavy (non-hydrogen) atoms. The summed E-state index contributed by atoms with van der Waals surface area (Å²) in [5, 5.41) is 3.34. The van der Waals surface area contributed by atoms with Crippen molar-refractivity contribution in [2.24, 2.45) is 0 Å². The molecule has 3 aromatic rings. The maximum Gasteiger partial charge on any atom is 0.234 e. The van der Waals surface area contributed by atoms with Crippen LogP contribution in [0.4, 0.5) is 26.0 Å². The van der Waals surface area contributed by atoms with Crippen LogP contribution in [0.15, 0.2) is 66.0 Å². The number of para-hydroxylation sites is 1. The summed E-state index contributed by atoms with van der Waals surface area (Å²) in [5.41, 5.74) is 1.03. The van der Waals surface area contributed by atoms with Crippen LogP contribution in [0.1, 0.15) is 0 Å². The fourth-order valence-electron chi connectivity index (χ4n) is 3.37. The Kier molecular flexibility index (Phi) is 6.61. The number of nitrogens with one attached hydrogen (secondary N) is 1. The predicted octanol–water partition coefficient (Wildman–Crippen LogP) is 3.81. The maximum atomic E-state index is 14.0. The molecular formula is C22H21F2N5OS. The van der Waals surface area contributed by atoms with E-state index in [-0.39, 0.29) is 17.5 Å². The molecule has 0 unspecified atom stereocenters. The molecule has 1 amide bonds. The molecule has 0 saturated carbocycles. The van der Waals surface area contributed by atoms with Crippen LogP contribution in [0.5, 0.6) is 0 Å². The van der Waals surface area contributed by atoms with E-state index in [1.807, 2.05) is 17.0 Å². The van der Waals surface area contributed by atoms with Crippen molar-refractivity contribution in [3.8, 4) is 0 Å². The number of piperazine rings is 1. The van der Waals surface area contributed by atoms with E-state index in [0.29, 0.717) is 42.6 Å². The lowest BCUT2D eigenvalue weighted by molar-refractivity contribution is -0.113. The summed E-state index contributed by atoms with van der Waals surface area (Å²) in [7, 11) is 0. The summed E-state index contributed by atoms with van der Waals surface area (Å²) in [6.07, 6.45) is 1.48. The van der Waals surface area contributed by atoms with Gasteiger partial charge in [-0.2, -0.15) is 0 Å². The van der Waals surface area contributed by atoms with Crippen molar-refractivity contribution in [2.75, 3.05) is 47.0 Å². The Bertz CT molecular complexity index is 1060. The molecule has 0 bridgehead atoms. The molecule has 1 aliphatic heterocycles. The van der Waals surface area contributed by atoms with E-state index in [0.717, 1.165) is 5.82 Å². The Morgan fingerprint density at radius 3 is 2.52 bits per heavy atom. The number of nitrogens with zero attached hydrogens (tertiary/aromatic N) is 4. The highest BCUT2D eigenvalue weighted by Crippen LogP contribution is 2.24. The van der Waals surface area contributed by atoms with Crippen molar-refractivity contribution >= 4 is 34.9 Å². The van der Waals surface area contributed by atoms with E-state index in [2.05, 4.69) is 20.2 Å². The number of hydrogen-bond donors (Lipinski definition) is 1. The third-order valence-corrected chi connectivity index (χ3v) is 5.81. The van der Waals surface area contributed by atoms with Crippen LogP contribution in [0, 0.1) is 11.6 Å².